The second-order valence-corrected chi connectivity index (χ2v) is 4.68. The molecule has 0 aromatic heterocycles. The Morgan fingerprint density at radius 3 is 2.79 bits per heavy atom. The first kappa shape index (κ1) is 10.1. The number of benzene rings is 1. The van der Waals surface area contributed by atoms with Gasteiger partial charge in [0.2, 0.25) is 0 Å². The Bertz CT molecular complexity index is 338. The summed E-state index contributed by atoms with van der Waals surface area (Å²) in [6.45, 7) is 0.663. The molecule has 0 bridgehead atoms. The highest BCUT2D eigenvalue weighted by Gasteiger charge is 2.32. The lowest BCUT2D eigenvalue weighted by Gasteiger charge is -2.36. The van der Waals surface area contributed by atoms with E-state index in [0.717, 1.165) is 18.4 Å². The summed E-state index contributed by atoms with van der Waals surface area (Å²) in [6.07, 6.45) is 2.20. The summed E-state index contributed by atoms with van der Waals surface area (Å²) in [5.74, 6) is 0.687. The van der Waals surface area contributed by atoms with E-state index in [0.29, 0.717) is 22.9 Å². The highest BCUT2D eigenvalue weighted by Crippen LogP contribution is 2.43. The van der Waals surface area contributed by atoms with Gasteiger partial charge in [0.15, 0.2) is 0 Å². The second-order valence-electron chi connectivity index (χ2n) is 3.82. The third-order valence-corrected chi connectivity index (χ3v) is 3.71. The zero-order chi connectivity index (χ0) is 10.1. The molecule has 2 rings (SSSR count). The maximum atomic E-state index is 13.7. The molecule has 1 aliphatic carbocycles. The van der Waals surface area contributed by atoms with Crippen LogP contribution in [0.25, 0.3) is 0 Å². The Hall–Kier alpha value is -0.410. The number of rotatable bonds is 2. The minimum absolute atomic E-state index is 0.115. The lowest BCUT2D eigenvalue weighted by molar-refractivity contribution is 0.257. The Balaban J connectivity index is 2.28. The standard InChI is InChI=1S/C11H13BrFN/c12-10-3-1-2-9(11(10)13)8-5-4-7(8)6-14/h1-3,7-8H,4-6,14H2. The highest BCUT2D eigenvalue weighted by molar-refractivity contribution is 9.10. The maximum absolute atomic E-state index is 13.7. The number of hydrogen-bond donors (Lipinski definition) is 1. The average molecular weight is 258 g/mol. The van der Waals surface area contributed by atoms with E-state index in [1.807, 2.05) is 12.1 Å². The molecule has 14 heavy (non-hydrogen) atoms. The monoisotopic (exact) mass is 257 g/mol. The minimum atomic E-state index is -0.115. The molecule has 1 nitrogen and oxygen atoms in total. The van der Waals surface area contributed by atoms with Crippen LogP contribution < -0.4 is 5.73 Å². The normalized spacial score (nSPS) is 25.9. The van der Waals surface area contributed by atoms with Gasteiger partial charge in [-0.05, 0) is 58.8 Å². The van der Waals surface area contributed by atoms with Crippen LogP contribution in [0.1, 0.15) is 24.3 Å². The minimum Gasteiger partial charge on any atom is -0.330 e. The summed E-state index contributed by atoms with van der Waals surface area (Å²) < 4.78 is 14.2. The van der Waals surface area contributed by atoms with Crippen LogP contribution >= 0.6 is 15.9 Å². The fourth-order valence-electron chi connectivity index (χ4n) is 2.07. The molecule has 1 fully saturated rings. The third-order valence-electron chi connectivity index (χ3n) is 3.10. The van der Waals surface area contributed by atoms with Gasteiger partial charge in [0.05, 0.1) is 4.47 Å². The van der Waals surface area contributed by atoms with Gasteiger partial charge < -0.3 is 5.73 Å². The summed E-state index contributed by atoms with van der Waals surface area (Å²) in [6, 6.07) is 5.48. The van der Waals surface area contributed by atoms with Gasteiger partial charge in [-0.25, -0.2) is 4.39 Å². The van der Waals surface area contributed by atoms with Crippen molar-refractivity contribution in [1.82, 2.24) is 0 Å². The maximum Gasteiger partial charge on any atom is 0.140 e. The lowest BCUT2D eigenvalue weighted by atomic mass is 9.70. The van der Waals surface area contributed by atoms with Crippen LogP contribution in [0.5, 0.6) is 0 Å². The summed E-state index contributed by atoms with van der Waals surface area (Å²) in [5, 5.41) is 0. The van der Waals surface area contributed by atoms with Crippen LogP contribution in [0, 0.1) is 11.7 Å². The van der Waals surface area contributed by atoms with Gasteiger partial charge in [0.25, 0.3) is 0 Å². The van der Waals surface area contributed by atoms with Crippen molar-refractivity contribution >= 4 is 15.9 Å². The van der Waals surface area contributed by atoms with Crippen LogP contribution in [0.15, 0.2) is 22.7 Å². The molecular formula is C11H13BrFN. The van der Waals surface area contributed by atoms with Crippen molar-refractivity contribution in [3.63, 3.8) is 0 Å². The van der Waals surface area contributed by atoms with Gasteiger partial charge in [0, 0.05) is 0 Å². The average Bonchev–Trinajstić information content (AvgIpc) is 2.12. The first-order valence-corrected chi connectivity index (χ1v) is 5.67. The molecule has 1 aromatic carbocycles. The van der Waals surface area contributed by atoms with Crippen LogP contribution in [0.2, 0.25) is 0 Å². The molecule has 76 valence electrons. The molecule has 1 aromatic rings. The van der Waals surface area contributed by atoms with Crippen molar-refractivity contribution in [2.45, 2.75) is 18.8 Å². The van der Waals surface area contributed by atoms with Gasteiger partial charge in [0.1, 0.15) is 5.82 Å². The zero-order valence-electron chi connectivity index (χ0n) is 7.84. The second kappa shape index (κ2) is 3.99. The van der Waals surface area contributed by atoms with Crippen LogP contribution in [0.3, 0.4) is 0 Å². The Morgan fingerprint density at radius 2 is 2.21 bits per heavy atom. The molecule has 2 atom stereocenters. The van der Waals surface area contributed by atoms with E-state index in [1.165, 1.54) is 0 Å². The molecule has 2 unspecified atom stereocenters. The van der Waals surface area contributed by atoms with Crippen molar-refractivity contribution in [1.29, 1.82) is 0 Å². The summed E-state index contributed by atoms with van der Waals surface area (Å²) in [5.41, 5.74) is 6.44. The van der Waals surface area contributed by atoms with E-state index < -0.39 is 0 Å². The molecule has 1 saturated carbocycles. The topological polar surface area (TPSA) is 26.0 Å². The Kier molecular flexibility index (Phi) is 2.88. The Morgan fingerprint density at radius 1 is 1.43 bits per heavy atom. The molecule has 0 heterocycles. The lowest BCUT2D eigenvalue weighted by Crippen LogP contribution is -2.31. The van der Waals surface area contributed by atoms with Gasteiger partial charge in [-0.15, -0.1) is 0 Å². The summed E-state index contributed by atoms with van der Waals surface area (Å²) in [7, 11) is 0. The first-order valence-electron chi connectivity index (χ1n) is 4.88. The molecule has 0 amide bonds. The third kappa shape index (κ3) is 1.59. The highest BCUT2D eigenvalue weighted by atomic mass is 79.9. The van der Waals surface area contributed by atoms with Gasteiger partial charge >= 0.3 is 0 Å². The van der Waals surface area contributed by atoms with Gasteiger partial charge in [-0.1, -0.05) is 12.1 Å². The van der Waals surface area contributed by atoms with Crippen LogP contribution in [-0.2, 0) is 0 Å². The predicted octanol–water partition coefficient (Wildman–Crippen LogP) is 3.04. The van der Waals surface area contributed by atoms with E-state index >= 15 is 0 Å². The van der Waals surface area contributed by atoms with E-state index in [-0.39, 0.29) is 5.82 Å². The van der Waals surface area contributed by atoms with Gasteiger partial charge in [-0.2, -0.15) is 0 Å². The Labute approximate surface area is 91.6 Å². The van der Waals surface area contributed by atoms with Crippen molar-refractivity contribution in [3.8, 4) is 0 Å². The first-order chi connectivity index (χ1) is 6.74. The van der Waals surface area contributed by atoms with Crippen LogP contribution in [-0.4, -0.2) is 6.54 Å². The van der Waals surface area contributed by atoms with Crippen molar-refractivity contribution in [2.75, 3.05) is 6.54 Å². The molecule has 0 radical (unpaired) electrons. The summed E-state index contributed by atoms with van der Waals surface area (Å²) >= 11 is 3.20. The predicted molar refractivity (Wildman–Crippen MR) is 58.6 cm³/mol. The molecular weight excluding hydrogens is 245 g/mol. The number of nitrogens with two attached hydrogens (primary N) is 1. The molecule has 2 N–H and O–H groups in total. The fraction of sp³-hybridized carbons (Fsp3) is 0.455. The number of halogens is 2. The van der Waals surface area contributed by atoms with E-state index in [2.05, 4.69) is 15.9 Å². The van der Waals surface area contributed by atoms with Crippen molar-refractivity contribution in [3.05, 3.63) is 34.1 Å². The molecule has 3 heteroatoms. The molecule has 1 aliphatic rings. The van der Waals surface area contributed by atoms with Crippen molar-refractivity contribution in [2.24, 2.45) is 11.7 Å². The summed E-state index contributed by atoms with van der Waals surface area (Å²) in [4.78, 5) is 0. The quantitative estimate of drug-likeness (QED) is 0.866. The molecule has 0 aliphatic heterocycles. The van der Waals surface area contributed by atoms with Gasteiger partial charge in [-0.3, -0.25) is 0 Å². The zero-order valence-corrected chi connectivity index (χ0v) is 9.43. The van der Waals surface area contributed by atoms with E-state index in [1.54, 1.807) is 6.07 Å². The van der Waals surface area contributed by atoms with Crippen molar-refractivity contribution < 1.29 is 4.39 Å². The van der Waals surface area contributed by atoms with E-state index in [4.69, 9.17) is 5.73 Å². The largest absolute Gasteiger partial charge is 0.330 e. The number of hydrogen-bond acceptors (Lipinski definition) is 1. The van der Waals surface area contributed by atoms with Crippen LogP contribution in [0.4, 0.5) is 4.39 Å². The SMILES string of the molecule is NCC1CCC1c1cccc(Br)c1F. The smallest absolute Gasteiger partial charge is 0.140 e. The molecule has 0 spiro atoms. The van der Waals surface area contributed by atoms with E-state index in [9.17, 15) is 4.39 Å². The molecule has 0 saturated heterocycles. The fourth-order valence-corrected chi connectivity index (χ4v) is 2.45.